The number of nitrogens with zero attached hydrogens (tertiary/aromatic N) is 3. The third kappa shape index (κ3) is 1.67. The van der Waals surface area contributed by atoms with E-state index >= 15 is 0 Å². The van der Waals surface area contributed by atoms with Crippen molar-refractivity contribution in [2.24, 2.45) is 0 Å². The molecule has 0 saturated heterocycles. The molecule has 0 aliphatic heterocycles. The summed E-state index contributed by atoms with van der Waals surface area (Å²) in [6.07, 6.45) is 2.52. The predicted molar refractivity (Wildman–Crippen MR) is 64.4 cm³/mol. The van der Waals surface area contributed by atoms with Gasteiger partial charge in [-0.15, -0.1) is 0 Å². The van der Waals surface area contributed by atoms with Crippen molar-refractivity contribution in [1.29, 1.82) is 0 Å². The summed E-state index contributed by atoms with van der Waals surface area (Å²) < 4.78 is 5.23. The standard InChI is InChI=1S/C13H11N3O/c1-2-11-15-13(17-16-11)12-10-6-4-3-5-9(10)7-8-14-12/h3-8H,2H2,1H3. The van der Waals surface area contributed by atoms with Crippen LogP contribution in [0.25, 0.3) is 22.4 Å². The van der Waals surface area contributed by atoms with Crippen molar-refractivity contribution in [2.75, 3.05) is 0 Å². The van der Waals surface area contributed by atoms with Crippen molar-refractivity contribution in [3.05, 3.63) is 42.4 Å². The number of hydrogen-bond acceptors (Lipinski definition) is 4. The molecule has 0 atom stereocenters. The van der Waals surface area contributed by atoms with E-state index in [9.17, 15) is 0 Å². The first-order valence-electron chi connectivity index (χ1n) is 5.55. The van der Waals surface area contributed by atoms with E-state index in [1.165, 1.54) is 0 Å². The molecule has 2 heterocycles. The summed E-state index contributed by atoms with van der Waals surface area (Å²) in [6, 6.07) is 9.99. The molecule has 0 fully saturated rings. The Kier molecular flexibility index (Phi) is 2.33. The fourth-order valence-electron chi connectivity index (χ4n) is 1.78. The average molecular weight is 225 g/mol. The number of pyridine rings is 1. The van der Waals surface area contributed by atoms with Crippen LogP contribution in [0.2, 0.25) is 0 Å². The molecule has 0 spiro atoms. The van der Waals surface area contributed by atoms with Gasteiger partial charge in [0, 0.05) is 18.0 Å². The zero-order chi connectivity index (χ0) is 11.7. The van der Waals surface area contributed by atoms with Gasteiger partial charge in [-0.1, -0.05) is 36.3 Å². The summed E-state index contributed by atoms with van der Waals surface area (Å²) in [5.41, 5.74) is 0.746. The molecule has 3 rings (SSSR count). The van der Waals surface area contributed by atoms with E-state index in [0.717, 1.165) is 22.9 Å². The van der Waals surface area contributed by atoms with E-state index in [-0.39, 0.29) is 0 Å². The average Bonchev–Trinajstić information content (AvgIpc) is 2.87. The molecule has 1 aromatic carbocycles. The van der Waals surface area contributed by atoms with Crippen LogP contribution in [0.4, 0.5) is 0 Å². The molecule has 3 aromatic rings. The summed E-state index contributed by atoms with van der Waals surface area (Å²) >= 11 is 0. The molecule has 0 radical (unpaired) electrons. The summed E-state index contributed by atoms with van der Waals surface area (Å²) in [5, 5.41) is 6.04. The molecule has 17 heavy (non-hydrogen) atoms. The quantitative estimate of drug-likeness (QED) is 0.673. The van der Waals surface area contributed by atoms with Crippen LogP contribution in [0.15, 0.2) is 41.1 Å². The third-order valence-electron chi connectivity index (χ3n) is 2.66. The minimum absolute atomic E-state index is 0.485. The summed E-state index contributed by atoms with van der Waals surface area (Å²) in [6.45, 7) is 1.99. The van der Waals surface area contributed by atoms with Gasteiger partial charge >= 0.3 is 0 Å². The smallest absolute Gasteiger partial charge is 0.277 e. The van der Waals surface area contributed by atoms with Crippen molar-refractivity contribution in [1.82, 2.24) is 15.1 Å². The minimum Gasteiger partial charge on any atom is -0.332 e. The topological polar surface area (TPSA) is 51.8 Å². The Labute approximate surface area is 98.3 Å². The predicted octanol–water partition coefficient (Wildman–Crippen LogP) is 2.85. The first kappa shape index (κ1) is 9.96. The van der Waals surface area contributed by atoms with E-state index in [2.05, 4.69) is 15.1 Å². The largest absolute Gasteiger partial charge is 0.332 e. The molecular formula is C13H11N3O. The normalized spacial score (nSPS) is 10.9. The maximum absolute atomic E-state index is 5.23. The second-order valence-electron chi connectivity index (χ2n) is 3.75. The second-order valence-corrected chi connectivity index (χ2v) is 3.75. The van der Waals surface area contributed by atoms with E-state index in [4.69, 9.17) is 4.52 Å². The highest BCUT2D eigenvalue weighted by atomic mass is 16.5. The fourth-order valence-corrected chi connectivity index (χ4v) is 1.78. The molecule has 4 nitrogen and oxygen atoms in total. The molecular weight excluding hydrogens is 214 g/mol. The summed E-state index contributed by atoms with van der Waals surface area (Å²) in [4.78, 5) is 8.64. The highest BCUT2D eigenvalue weighted by Gasteiger charge is 2.11. The van der Waals surface area contributed by atoms with Gasteiger partial charge in [-0.3, -0.25) is 4.98 Å². The fraction of sp³-hybridized carbons (Fsp3) is 0.154. The SMILES string of the molecule is CCc1noc(-c2nccc3ccccc23)n1. The van der Waals surface area contributed by atoms with E-state index in [1.54, 1.807) is 6.20 Å². The lowest BCUT2D eigenvalue weighted by Gasteiger charge is -2.00. The van der Waals surface area contributed by atoms with E-state index in [1.807, 2.05) is 37.3 Å². The number of benzene rings is 1. The first-order chi connectivity index (χ1) is 8.38. The van der Waals surface area contributed by atoms with Crippen molar-refractivity contribution in [3.63, 3.8) is 0 Å². The molecule has 2 aromatic heterocycles. The lowest BCUT2D eigenvalue weighted by atomic mass is 10.1. The summed E-state index contributed by atoms with van der Waals surface area (Å²) in [7, 11) is 0. The van der Waals surface area contributed by atoms with Gasteiger partial charge in [-0.2, -0.15) is 4.98 Å². The van der Waals surface area contributed by atoms with Crippen LogP contribution >= 0.6 is 0 Å². The van der Waals surface area contributed by atoms with Crippen molar-refractivity contribution < 1.29 is 4.52 Å². The Balaban J connectivity index is 2.23. The zero-order valence-corrected chi connectivity index (χ0v) is 9.42. The van der Waals surface area contributed by atoms with Crippen LogP contribution in [-0.2, 0) is 6.42 Å². The Morgan fingerprint density at radius 3 is 2.88 bits per heavy atom. The van der Waals surface area contributed by atoms with Crippen LogP contribution in [0.1, 0.15) is 12.7 Å². The molecule has 0 saturated carbocycles. The molecule has 0 bridgehead atoms. The van der Waals surface area contributed by atoms with Gasteiger partial charge in [0.1, 0.15) is 5.69 Å². The molecule has 0 amide bonds. The lowest BCUT2D eigenvalue weighted by molar-refractivity contribution is 0.422. The van der Waals surface area contributed by atoms with Crippen molar-refractivity contribution in [3.8, 4) is 11.6 Å². The van der Waals surface area contributed by atoms with Gasteiger partial charge in [0.05, 0.1) is 0 Å². The van der Waals surface area contributed by atoms with Crippen LogP contribution in [0.5, 0.6) is 0 Å². The van der Waals surface area contributed by atoms with Gasteiger partial charge < -0.3 is 4.52 Å². The van der Waals surface area contributed by atoms with Gasteiger partial charge in [-0.05, 0) is 11.5 Å². The number of aryl methyl sites for hydroxylation is 1. The van der Waals surface area contributed by atoms with Gasteiger partial charge in [-0.25, -0.2) is 0 Å². The second kappa shape index (κ2) is 3.97. The summed E-state index contributed by atoms with van der Waals surface area (Å²) in [5.74, 6) is 1.19. The van der Waals surface area contributed by atoms with Gasteiger partial charge in [0.25, 0.3) is 5.89 Å². The Bertz CT molecular complexity index is 655. The molecule has 84 valence electrons. The maximum atomic E-state index is 5.23. The monoisotopic (exact) mass is 225 g/mol. The molecule has 0 aliphatic rings. The van der Waals surface area contributed by atoms with Gasteiger partial charge in [0.2, 0.25) is 0 Å². The number of aromatic nitrogens is 3. The van der Waals surface area contributed by atoms with Crippen LogP contribution in [0.3, 0.4) is 0 Å². The maximum Gasteiger partial charge on any atom is 0.277 e. The van der Waals surface area contributed by atoms with Crippen LogP contribution < -0.4 is 0 Å². The Hall–Kier alpha value is -2.23. The van der Waals surface area contributed by atoms with E-state index < -0.39 is 0 Å². The van der Waals surface area contributed by atoms with Gasteiger partial charge in [0.15, 0.2) is 5.82 Å². The Morgan fingerprint density at radius 2 is 2.06 bits per heavy atom. The number of fused-ring (bicyclic) bond motifs is 1. The van der Waals surface area contributed by atoms with Crippen molar-refractivity contribution in [2.45, 2.75) is 13.3 Å². The number of hydrogen-bond donors (Lipinski definition) is 0. The Morgan fingerprint density at radius 1 is 1.18 bits per heavy atom. The zero-order valence-electron chi connectivity index (χ0n) is 9.42. The third-order valence-corrected chi connectivity index (χ3v) is 2.66. The molecule has 0 N–H and O–H groups in total. The molecule has 4 heteroatoms. The highest BCUT2D eigenvalue weighted by molar-refractivity contribution is 5.92. The minimum atomic E-state index is 0.485. The lowest BCUT2D eigenvalue weighted by Crippen LogP contribution is -1.87. The molecule has 0 aliphatic carbocycles. The molecule has 0 unspecified atom stereocenters. The van der Waals surface area contributed by atoms with E-state index in [0.29, 0.717) is 11.7 Å². The van der Waals surface area contributed by atoms with Crippen LogP contribution in [-0.4, -0.2) is 15.1 Å². The van der Waals surface area contributed by atoms with Crippen LogP contribution in [0, 0.1) is 0 Å². The number of rotatable bonds is 2. The first-order valence-corrected chi connectivity index (χ1v) is 5.55. The van der Waals surface area contributed by atoms with Crippen molar-refractivity contribution >= 4 is 10.8 Å². The highest BCUT2D eigenvalue weighted by Crippen LogP contribution is 2.24.